The topological polar surface area (TPSA) is 15.3 Å². The van der Waals surface area contributed by atoms with E-state index in [1.165, 1.54) is 36.9 Å². The third-order valence-corrected chi connectivity index (χ3v) is 5.36. The molecule has 2 heteroatoms. The second kappa shape index (κ2) is 5.26. The fourth-order valence-electron chi connectivity index (χ4n) is 4.07. The first-order valence-electron chi connectivity index (χ1n) is 7.73. The normalized spacial score (nSPS) is 35.3. The predicted octanol–water partition coefficient (Wildman–Crippen LogP) is 2.99. The van der Waals surface area contributed by atoms with Gasteiger partial charge in [0.15, 0.2) is 0 Å². The molecule has 0 saturated carbocycles. The molecule has 1 aromatic rings. The summed E-state index contributed by atoms with van der Waals surface area (Å²) in [5.74, 6) is 0.829. The summed E-state index contributed by atoms with van der Waals surface area (Å²) in [6, 6.07) is 10.8. The Labute approximate surface area is 117 Å². The molecule has 0 spiro atoms. The molecule has 1 N–H and O–H groups in total. The van der Waals surface area contributed by atoms with Crippen LogP contribution in [0.1, 0.15) is 43.9 Å². The Kier molecular flexibility index (Phi) is 3.64. The number of fused-ring (bicyclic) bond motifs is 1. The zero-order valence-electron chi connectivity index (χ0n) is 12.4. The van der Waals surface area contributed by atoms with E-state index >= 15 is 0 Å². The first-order valence-corrected chi connectivity index (χ1v) is 7.73. The van der Waals surface area contributed by atoms with Gasteiger partial charge < -0.3 is 5.32 Å². The van der Waals surface area contributed by atoms with Gasteiger partial charge in [-0.25, -0.2) is 0 Å². The van der Waals surface area contributed by atoms with Gasteiger partial charge in [-0.3, -0.25) is 4.90 Å². The van der Waals surface area contributed by atoms with E-state index in [9.17, 15) is 0 Å². The summed E-state index contributed by atoms with van der Waals surface area (Å²) in [5, 5.41) is 3.56. The number of likely N-dealkylation sites (N-methyl/N-ethyl adjacent to an activating group) is 1. The number of rotatable bonds is 2. The highest BCUT2D eigenvalue weighted by Crippen LogP contribution is 2.37. The predicted molar refractivity (Wildman–Crippen MR) is 80.3 cm³/mol. The first kappa shape index (κ1) is 13.1. The summed E-state index contributed by atoms with van der Waals surface area (Å²) in [4.78, 5) is 2.76. The second-order valence-corrected chi connectivity index (χ2v) is 6.33. The standard InChI is InChI=1S/C17H26N2/c1-12-7-6-10-19(13(12)2)16-11-14-8-4-5-9-15(14)17(16)18-3/h4-5,8-9,12-13,16-18H,6-7,10-11H2,1-3H3. The van der Waals surface area contributed by atoms with Gasteiger partial charge in [0, 0.05) is 18.1 Å². The monoisotopic (exact) mass is 258 g/mol. The fourth-order valence-corrected chi connectivity index (χ4v) is 4.07. The highest BCUT2D eigenvalue weighted by Gasteiger charge is 2.39. The van der Waals surface area contributed by atoms with Crippen LogP contribution in [0.15, 0.2) is 24.3 Å². The number of hydrogen-bond acceptors (Lipinski definition) is 2. The van der Waals surface area contributed by atoms with Gasteiger partial charge in [0.05, 0.1) is 0 Å². The number of piperidine rings is 1. The van der Waals surface area contributed by atoms with Crippen molar-refractivity contribution in [1.29, 1.82) is 0 Å². The highest BCUT2D eigenvalue weighted by atomic mass is 15.2. The van der Waals surface area contributed by atoms with Crippen LogP contribution in [0.3, 0.4) is 0 Å². The van der Waals surface area contributed by atoms with Crippen LogP contribution in [0, 0.1) is 5.92 Å². The maximum atomic E-state index is 3.56. The lowest BCUT2D eigenvalue weighted by atomic mass is 9.89. The molecule has 0 aromatic heterocycles. The van der Waals surface area contributed by atoms with Gasteiger partial charge in [-0.05, 0) is 56.8 Å². The van der Waals surface area contributed by atoms with Crippen LogP contribution in [0.2, 0.25) is 0 Å². The molecule has 104 valence electrons. The van der Waals surface area contributed by atoms with Crippen molar-refractivity contribution in [2.24, 2.45) is 5.92 Å². The van der Waals surface area contributed by atoms with Crippen molar-refractivity contribution in [3.8, 4) is 0 Å². The second-order valence-electron chi connectivity index (χ2n) is 6.33. The van der Waals surface area contributed by atoms with E-state index in [4.69, 9.17) is 0 Å². The number of nitrogens with zero attached hydrogens (tertiary/aromatic N) is 1. The molecular weight excluding hydrogens is 232 g/mol. The Bertz CT molecular complexity index is 443. The Balaban J connectivity index is 1.86. The lowest BCUT2D eigenvalue weighted by Crippen LogP contribution is -2.51. The zero-order chi connectivity index (χ0) is 13.4. The minimum absolute atomic E-state index is 0.504. The quantitative estimate of drug-likeness (QED) is 0.877. The van der Waals surface area contributed by atoms with Gasteiger partial charge >= 0.3 is 0 Å². The Morgan fingerprint density at radius 3 is 2.79 bits per heavy atom. The van der Waals surface area contributed by atoms with E-state index in [2.05, 4.69) is 55.4 Å². The SMILES string of the molecule is CNC1c2ccccc2CC1N1CCCC(C)C1C. The van der Waals surface area contributed by atoms with Crippen LogP contribution in [0.25, 0.3) is 0 Å². The summed E-state index contributed by atoms with van der Waals surface area (Å²) in [6.07, 6.45) is 3.95. The maximum absolute atomic E-state index is 3.56. The molecule has 4 unspecified atom stereocenters. The zero-order valence-corrected chi connectivity index (χ0v) is 12.4. The minimum Gasteiger partial charge on any atom is -0.312 e. The molecule has 3 rings (SSSR count). The summed E-state index contributed by atoms with van der Waals surface area (Å²) in [6.45, 7) is 6.09. The molecule has 1 saturated heterocycles. The fraction of sp³-hybridized carbons (Fsp3) is 0.647. The Morgan fingerprint density at radius 2 is 2.00 bits per heavy atom. The van der Waals surface area contributed by atoms with Crippen LogP contribution in [0.4, 0.5) is 0 Å². The summed E-state index contributed by atoms with van der Waals surface area (Å²) < 4.78 is 0. The average Bonchev–Trinajstić information content (AvgIpc) is 2.80. The van der Waals surface area contributed by atoms with Crippen LogP contribution >= 0.6 is 0 Å². The van der Waals surface area contributed by atoms with E-state index in [1.807, 2.05) is 0 Å². The first-order chi connectivity index (χ1) is 9.22. The van der Waals surface area contributed by atoms with Crippen LogP contribution in [0.5, 0.6) is 0 Å². The molecule has 2 nitrogen and oxygen atoms in total. The van der Waals surface area contributed by atoms with Crippen LogP contribution in [-0.2, 0) is 6.42 Å². The summed E-state index contributed by atoms with van der Waals surface area (Å²) >= 11 is 0. The minimum atomic E-state index is 0.504. The largest absolute Gasteiger partial charge is 0.312 e. The van der Waals surface area contributed by atoms with E-state index in [1.54, 1.807) is 0 Å². The van der Waals surface area contributed by atoms with Crippen molar-refractivity contribution in [1.82, 2.24) is 10.2 Å². The Hall–Kier alpha value is -0.860. The van der Waals surface area contributed by atoms with Gasteiger partial charge in [-0.15, -0.1) is 0 Å². The third-order valence-electron chi connectivity index (χ3n) is 5.36. The molecule has 4 atom stereocenters. The molecule has 0 amide bonds. The van der Waals surface area contributed by atoms with Gasteiger partial charge in [0.2, 0.25) is 0 Å². The number of benzene rings is 1. The molecule has 1 heterocycles. The average molecular weight is 258 g/mol. The summed E-state index contributed by atoms with van der Waals surface area (Å²) in [5.41, 5.74) is 3.05. The molecule has 1 fully saturated rings. The number of nitrogens with one attached hydrogen (secondary N) is 1. The maximum Gasteiger partial charge on any atom is 0.0481 e. The smallest absolute Gasteiger partial charge is 0.0481 e. The highest BCUT2D eigenvalue weighted by molar-refractivity contribution is 5.37. The van der Waals surface area contributed by atoms with Crippen molar-refractivity contribution in [2.45, 2.75) is 51.2 Å². The van der Waals surface area contributed by atoms with Crippen LogP contribution in [-0.4, -0.2) is 30.6 Å². The molecular formula is C17H26N2. The van der Waals surface area contributed by atoms with E-state index in [0.717, 1.165) is 5.92 Å². The Morgan fingerprint density at radius 1 is 1.21 bits per heavy atom. The van der Waals surface area contributed by atoms with Gasteiger partial charge in [0.1, 0.15) is 0 Å². The van der Waals surface area contributed by atoms with Crippen molar-refractivity contribution >= 4 is 0 Å². The number of hydrogen-bond donors (Lipinski definition) is 1. The van der Waals surface area contributed by atoms with Gasteiger partial charge in [0.25, 0.3) is 0 Å². The van der Waals surface area contributed by atoms with Crippen molar-refractivity contribution in [3.63, 3.8) is 0 Å². The van der Waals surface area contributed by atoms with Crippen molar-refractivity contribution in [3.05, 3.63) is 35.4 Å². The molecule has 19 heavy (non-hydrogen) atoms. The van der Waals surface area contributed by atoms with Crippen LogP contribution < -0.4 is 5.32 Å². The van der Waals surface area contributed by atoms with E-state index < -0.39 is 0 Å². The molecule has 0 bridgehead atoms. The molecule has 1 aromatic carbocycles. The summed E-state index contributed by atoms with van der Waals surface area (Å²) in [7, 11) is 2.11. The molecule has 2 aliphatic rings. The lowest BCUT2D eigenvalue weighted by Gasteiger charge is -2.43. The van der Waals surface area contributed by atoms with Crippen molar-refractivity contribution < 1.29 is 0 Å². The molecule has 1 aliphatic carbocycles. The lowest BCUT2D eigenvalue weighted by molar-refractivity contribution is 0.0563. The van der Waals surface area contributed by atoms with E-state index in [-0.39, 0.29) is 0 Å². The number of likely N-dealkylation sites (tertiary alicyclic amines) is 1. The van der Waals surface area contributed by atoms with Gasteiger partial charge in [-0.1, -0.05) is 31.2 Å². The van der Waals surface area contributed by atoms with Crippen molar-refractivity contribution in [2.75, 3.05) is 13.6 Å². The van der Waals surface area contributed by atoms with Gasteiger partial charge in [-0.2, -0.15) is 0 Å². The molecule has 1 aliphatic heterocycles. The molecule has 0 radical (unpaired) electrons. The van der Waals surface area contributed by atoms with E-state index in [0.29, 0.717) is 18.1 Å². The third kappa shape index (κ3) is 2.21.